The van der Waals surface area contributed by atoms with Crippen molar-refractivity contribution in [1.82, 2.24) is 5.32 Å². The Morgan fingerprint density at radius 1 is 1.60 bits per heavy atom. The van der Waals surface area contributed by atoms with Crippen LogP contribution in [0.1, 0.15) is 25.8 Å². The molecule has 3 nitrogen and oxygen atoms in total. The Morgan fingerprint density at radius 3 is 2.93 bits per heavy atom. The molecule has 1 N–H and O–H groups in total. The van der Waals surface area contributed by atoms with Crippen LogP contribution in [-0.4, -0.2) is 19.3 Å². The molecule has 3 heteroatoms. The molecule has 15 heavy (non-hydrogen) atoms. The van der Waals surface area contributed by atoms with Crippen LogP contribution >= 0.6 is 0 Å². The van der Waals surface area contributed by atoms with Gasteiger partial charge >= 0.3 is 0 Å². The molecule has 1 aliphatic rings. The highest BCUT2D eigenvalue weighted by Crippen LogP contribution is 2.42. The summed E-state index contributed by atoms with van der Waals surface area (Å²) < 4.78 is 10.4. The van der Waals surface area contributed by atoms with Crippen LogP contribution in [0.25, 0.3) is 0 Å². The standard InChI is InChI=1S/C12H19NO2/c1-12(2)10(6-11(12)14-3)13-7-9-4-5-15-8-9/h4-5,8,10-11,13H,6-7H2,1-3H3. The van der Waals surface area contributed by atoms with Gasteiger partial charge < -0.3 is 14.5 Å². The Bertz CT molecular complexity index is 305. The van der Waals surface area contributed by atoms with Crippen LogP contribution in [0.15, 0.2) is 23.0 Å². The van der Waals surface area contributed by atoms with Gasteiger partial charge in [0.25, 0.3) is 0 Å². The average molecular weight is 209 g/mol. The van der Waals surface area contributed by atoms with Crippen molar-refractivity contribution < 1.29 is 9.15 Å². The molecule has 2 unspecified atom stereocenters. The molecule has 0 bridgehead atoms. The van der Waals surface area contributed by atoms with Gasteiger partial charge in [-0.25, -0.2) is 0 Å². The van der Waals surface area contributed by atoms with Crippen LogP contribution in [0.3, 0.4) is 0 Å². The highest BCUT2D eigenvalue weighted by molar-refractivity contribution is 5.08. The Kier molecular flexibility index (Phi) is 2.85. The second-order valence-electron chi connectivity index (χ2n) is 4.85. The van der Waals surface area contributed by atoms with Gasteiger partial charge in [0.05, 0.1) is 18.6 Å². The van der Waals surface area contributed by atoms with Crippen LogP contribution in [-0.2, 0) is 11.3 Å². The smallest absolute Gasteiger partial charge is 0.0947 e. The van der Waals surface area contributed by atoms with Crippen LogP contribution < -0.4 is 5.32 Å². The third-order valence-corrected chi connectivity index (χ3v) is 3.59. The summed E-state index contributed by atoms with van der Waals surface area (Å²) in [7, 11) is 1.79. The van der Waals surface area contributed by atoms with Crippen molar-refractivity contribution in [2.75, 3.05) is 7.11 Å². The number of methoxy groups -OCH3 is 1. The van der Waals surface area contributed by atoms with E-state index in [1.165, 1.54) is 5.56 Å². The first-order valence-electron chi connectivity index (χ1n) is 5.42. The maximum absolute atomic E-state index is 5.41. The Balaban J connectivity index is 1.83. The van der Waals surface area contributed by atoms with E-state index in [-0.39, 0.29) is 5.41 Å². The fraction of sp³-hybridized carbons (Fsp3) is 0.667. The van der Waals surface area contributed by atoms with Crippen LogP contribution in [0.5, 0.6) is 0 Å². The van der Waals surface area contributed by atoms with E-state index in [2.05, 4.69) is 19.2 Å². The molecule has 0 radical (unpaired) electrons. The summed E-state index contributed by atoms with van der Waals surface area (Å²) in [4.78, 5) is 0. The second kappa shape index (κ2) is 3.99. The Labute approximate surface area is 90.8 Å². The largest absolute Gasteiger partial charge is 0.472 e. The Hall–Kier alpha value is -0.800. The van der Waals surface area contributed by atoms with E-state index >= 15 is 0 Å². The van der Waals surface area contributed by atoms with Crippen LogP contribution in [0, 0.1) is 5.41 Å². The molecular weight excluding hydrogens is 190 g/mol. The zero-order valence-corrected chi connectivity index (χ0v) is 9.62. The van der Waals surface area contributed by atoms with Crippen molar-refractivity contribution in [3.8, 4) is 0 Å². The van der Waals surface area contributed by atoms with E-state index < -0.39 is 0 Å². The molecule has 1 heterocycles. The van der Waals surface area contributed by atoms with Crippen molar-refractivity contribution in [2.24, 2.45) is 5.41 Å². The van der Waals surface area contributed by atoms with E-state index in [0.29, 0.717) is 12.1 Å². The van der Waals surface area contributed by atoms with E-state index in [1.807, 2.05) is 6.07 Å². The van der Waals surface area contributed by atoms with Gasteiger partial charge in [0.2, 0.25) is 0 Å². The number of rotatable bonds is 4. The third-order valence-electron chi connectivity index (χ3n) is 3.59. The summed E-state index contributed by atoms with van der Waals surface area (Å²) in [6.45, 7) is 5.37. The first kappa shape index (κ1) is 10.7. The SMILES string of the molecule is COC1CC(NCc2ccoc2)C1(C)C. The molecule has 1 aliphatic carbocycles. The van der Waals surface area contributed by atoms with E-state index in [9.17, 15) is 0 Å². The molecular formula is C12H19NO2. The van der Waals surface area contributed by atoms with Crippen molar-refractivity contribution in [1.29, 1.82) is 0 Å². The normalized spacial score (nSPS) is 28.7. The zero-order valence-electron chi connectivity index (χ0n) is 9.62. The second-order valence-corrected chi connectivity index (χ2v) is 4.85. The lowest BCUT2D eigenvalue weighted by Crippen LogP contribution is -2.60. The molecule has 0 spiro atoms. The summed E-state index contributed by atoms with van der Waals surface area (Å²) in [5.74, 6) is 0. The van der Waals surface area contributed by atoms with Gasteiger partial charge in [0.1, 0.15) is 0 Å². The highest BCUT2D eigenvalue weighted by atomic mass is 16.5. The summed E-state index contributed by atoms with van der Waals surface area (Å²) >= 11 is 0. The predicted molar refractivity (Wildman–Crippen MR) is 58.5 cm³/mol. The minimum Gasteiger partial charge on any atom is -0.472 e. The summed E-state index contributed by atoms with van der Waals surface area (Å²) in [6.07, 6.45) is 4.98. The number of nitrogens with one attached hydrogen (secondary N) is 1. The first-order valence-corrected chi connectivity index (χ1v) is 5.42. The topological polar surface area (TPSA) is 34.4 Å². The fourth-order valence-corrected chi connectivity index (χ4v) is 2.27. The van der Waals surface area contributed by atoms with Gasteiger partial charge in [-0.05, 0) is 12.5 Å². The molecule has 84 valence electrons. The molecule has 0 amide bonds. The summed E-state index contributed by atoms with van der Waals surface area (Å²) in [5.41, 5.74) is 1.44. The summed E-state index contributed by atoms with van der Waals surface area (Å²) in [6, 6.07) is 2.53. The van der Waals surface area contributed by atoms with Gasteiger partial charge in [-0.15, -0.1) is 0 Å². The molecule has 1 aromatic rings. The zero-order chi connectivity index (χ0) is 10.9. The molecule has 0 aromatic carbocycles. The molecule has 2 rings (SSSR count). The summed E-state index contributed by atoms with van der Waals surface area (Å²) in [5, 5.41) is 3.54. The minimum atomic E-state index is 0.235. The van der Waals surface area contributed by atoms with E-state index in [4.69, 9.17) is 9.15 Å². The van der Waals surface area contributed by atoms with Crippen LogP contribution in [0.2, 0.25) is 0 Å². The van der Waals surface area contributed by atoms with Crippen LogP contribution in [0.4, 0.5) is 0 Å². The average Bonchev–Trinajstić information content (AvgIpc) is 2.69. The van der Waals surface area contributed by atoms with Gasteiger partial charge in [-0.2, -0.15) is 0 Å². The van der Waals surface area contributed by atoms with Gasteiger partial charge in [-0.3, -0.25) is 0 Å². The van der Waals surface area contributed by atoms with Gasteiger partial charge in [0.15, 0.2) is 0 Å². The molecule has 0 aliphatic heterocycles. The van der Waals surface area contributed by atoms with Crippen molar-refractivity contribution in [3.05, 3.63) is 24.2 Å². The lowest BCUT2D eigenvalue weighted by molar-refractivity contribution is -0.0979. The van der Waals surface area contributed by atoms with E-state index in [1.54, 1.807) is 19.6 Å². The van der Waals surface area contributed by atoms with E-state index in [0.717, 1.165) is 13.0 Å². The van der Waals surface area contributed by atoms with Crippen molar-refractivity contribution in [2.45, 2.75) is 39.0 Å². The maximum Gasteiger partial charge on any atom is 0.0947 e. The maximum atomic E-state index is 5.41. The van der Waals surface area contributed by atoms with Crippen molar-refractivity contribution >= 4 is 0 Å². The first-order chi connectivity index (χ1) is 7.14. The van der Waals surface area contributed by atoms with Crippen molar-refractivity contribution in [3.63, 3.8) is 0 Å². The monoisotopic (exact) mass is 209 g/mol. The Morgan fingerprint density at radius 2 is 2.40 bits per heavy atom. The van der Waals surface area contributed by atoms with Gasteiger partial charge in [0, 0.05) is 30.7 Å². The molecule has 1 saturated carbocycles. The molecule has 2 atom stereocenters. The number of ether oxygens (including phenoxy) is 1. The number of hydrogen-bond acceptors (Lipinski definition) is 3. The fourth-order valence-electron chi connectivity index (χ4n) is 2.27. The highest BCUT2D eigenvalue weighted by Gasteiger charge is 2.48. The molecule has 1 fully saturated rings. The lowest BCUT2D eigenvalue weighted by Gasteiger charge is -2.51. The molecule has 1 aromatic heterocycles. The molecule has 0 saturated heterocycles. The third kappa shape index (κ3) is 1.94. The quantitative estimate of drug-likeness (QED) is 0.825. The number of furan rings is 1. The lowest BCUT2D eigenvalue weighted by atomic mass is 9.64. The van der Waals surface area contributed by atoms with Gasteiger partial charge in [-0.1, -0.05) is 13.8 Å². The predicted octanol–water partition coefficient (Wildman–Crippen LogP) is 2.18. The number of hydrogen-bond donors (Lipinski definition) is 1. The minimum absolute atomic E-state index is 0.235.